The standard InChI is InChI=1S/C9H19NO4S/c1-2-14-9(13)8(10)3-4-15-6-7(12)5-11/h7-8,11-12H,2-6,10H2,1H3. The van der Waals surface area contributed by atoms with E-state index in [0.717, 1.165) is 0 Å². The fraction of sp³-hybridized carbons (Fsp3) is 0.889. The van der Waals surface area contributed by atoms with Crippen molar-refractivity contribution in [2.75, 3.05) is 24.7 Å². The van der Waals surface area contributed by atoms with Crippen LogP contribution in [0.4, 0.5) is 0 Å². The number of nitrogens with two attached hydrogens (primary N) is 1. The summed E-state index contributed by atoms with van der Waals surface area (Å²) < 4.78 is 4.74. The molecule has 0 aliphatic heterocycles. The molecule has 0 aliphatic rings. The molecule has 0 amide bonds. The van der Waals surface area contributed by atoms with Gasteiger partial charge in [0.15, 0.2) is 0 Å². The van der Waals surface area contributed by atoms with Gasteiger partial charge in [0.25, 0.3) is 0 Å². The number of hydrogen-bond donors (Lipinski definition) is 3. The Labute approximate surface area is 94.0 Å². The lowest BCUT2D eigenvalue weighted by molar-refractivity contribution is -0.144. The molecule has 0 bridgehead atoms. The fourth-order valence-corrected chi connectivity index (χ4v) is 1.81. The summed E-state index contributed by atoms with van der Waals surface area (Å²) in [7, 11) is 0. The largest absolute Gasteiger partial charge is 0.465 e. The fourth-order valence-electron chi connectivity index (χ4n) is 0.850. The average Bonchev–Trinajstić information content (AvgIpc) is 2.23. The summed E-state index contributed by atoms with van der Waals surface area (Å²) in [5.74, 6) is 0.726. The van der Waals surface area contributed by atoms with Crippen LogP contribution in [0.2, 0.25) is 0 Å². The number of thioether (sulfide) groups is 1. The third kappa shape index (κ3) is 7.61. The lowest BCUT2D eigenvalue weighted by Gasteiger charge is -2.10. The molecule has 2 atom stereocenters. The van der Waals surface area contributed by atoms with E-state index in [-0.39, 0.29) is 12.6 Å². The van der Waals surface area contributed by atoms with E-state index in [9.17, 15) is 4.79 Å². The summed E-state index contributed by atoms with van der Waals surface area (Å²) in [5, 5.41) is 17.6. The molecule has 0 rings (SSSR count). The molecule has 2 unspecified atom stereocenters. The van der Waals surface area contributed by atoms with Gasteiger partial charge in [-0.1, -0.05) is 0 Å². The number of carbonyl (C=O) groups excluding carboxylic acids is 1. The van der Waals surface area contributed by atoms with Crippen molar-refractivity contribution in [2.24, 2.45) is 5.73 Å². The van der Waals surface area contributed by atoms with Gasteiger partial charge in [-0.05, 0) is 19.1 Å². The van der Waals surface area contributed by atoms with Crippen LogP contribution in [0.1, 0.15) is 13.3 Å². The summed E-state index contributed by atoms with van der Waals surface area (Å²) in [6.07, 6.45) is -0.185. The molecule has 6 heteroatoms. The van der Waals surface area contributed by atoms with Crippen LogP contribution in [0.3, 0.4) is 0 Å². The number of carbonyl (C=O) groups is 1. The van der Waals surface area contributed by atoms with Gasteiger partial charge in [-0.3, -0.25) is 4.79 Å². The van der Waals surface area contributed by atoms with Crippen LogP contribution in [-0.2, 0) is 9.53 Å². The van der Waals surface area contributed by atoms with E-state index >= 15 is 0 Å². The lowest BCUT2D eigenvalue weighted by Crippen LogP contribution is -2.33. The highest BCUT2D eigenvalue weighted by molar-refractivity contribution is 7.99. The molecule has 90 valence electrons. The minimum atomic E-state index is -0.700. The van der Waals surface area contributed by atoms with Crippen molar-refractivity contribution >= 4 is 17.7 Å². The topological polar surface area (TPSA) is 92.8 Å². The third-order valence-corrected chi connectivity index (χ3v) is 2.83. The smallest absolute Gasteiger partial charge is 0.322 e. The summed E-state index contributed by atoms with van der Waals surface area (Å²) in [4.78, 5) is 11.1. The van der Waals surface area contributed by atoms with Crippen LogP contribution in [0.15, 0.2) is 0 Å². The van der Waals surface area contributed by atoms with E-state index in [2.05, 4.69) is 0 Å². The maximum absolute atomic E-state index is 11.1. The Morgan fingerprint density at radius 1 is 1.60 bits per heavy atom. The summed E-state index contributed by atoms with van der Waals surface area (Å²) in [5.41, 5.74) is 5.55. The zero-order chi connectivity index (χ0) is 11.7. The Bertz CT molecular complexity index is 179. The van der Waals surface area contributed by atoms with Crippen molar-refractivity contribution < 1.29 is 19.7 Å². The van der Waals surface area contributed by atoms with Gasteiger partial charge >= 0.3 is 5.97 Å². The Hall–Kier alpha value is -0.300. The first-order chi connectivity index (χ1) is 7.11. The number of esters is 1. The zero-order valence-corrected chi connectivity index (χ0v) is 9.70. The zero-order valence-electron chi connectivity index (χ0n) is 8.89. The lowest BCUT2D eigenvalue weighted by atomic mass is 10.2. The second-order valence-electron chi connectivity index (χ2n) is 3.06. The average molecular weight is 237 g/mol. The van der Waals surface area contributed by atoms with E-state index in [1.165, 1.54) is 11.8 Å². The Morgan fingerprint density at radius 2 is 2.27 bits per heavy atom. The predicted octanol–water partition coefficient (Wildman–Crippen LogP) is -0.647. The van der Waals surface area contributed by atoms with Crippen LogP contribution in [0.25, 0.3) is 0 Å². The molecule has 0 aliphatic carbocycles. The molecule has 4 N–H and O–H groups in total. The van der Waals surface area contributed by atoms with E-state index in [0.29, 0.717) is 24.5 Å². The first kappa shape index (κ1) is 14.7. The minimum absolute atomic E-state index is 0.239. The third-order valence-electron chi connectivity index (χ3n) is 1.68. The van der Waals surface area contributed by atoms with Crippen molar-refractivity contribution in [3.63, 3.8) is 0 Å². The number of aliphatic hydroxyl groups excluding tert-OH is 2. The maximum Gasteiger partial charge on any atom is 0.322 e. The van der Waals surface area contributed by atoms with E-state index in [4.69, 9.17) is 20.7 Å². The highest BCUT2D eigenvalue weighted by Gasteiger charge is 2.13. The SMILES string of the molecule is CCOC(=O)C(N)CCSCC(O)CO. The van der Waals surface area contributed by atoms with Gasteiger partial charge in [-0.15, -0.1) is 0 Å². The monoisotopic (exact) mass is 237 g/mol. The first-order valence-electron chi connectivity index (χ1n) is 4.90. The van der Waals surface area contributed by atoms with Crippen LogP contribution in [0.5, 0.6) is 0 Å². The Morgan fingerprint density at radius 3 is 2.80 bits per heavy atom. The number of aliphatic hydroxyl groups is 2. The highest BCUT2D eigenvalue weighted by Crippen LogP contribution is 2.06. The molecule has 0 saturated heterocycles. The van der Waals surface area contributed by atoms with Crippen molar-refractivity contribution in [2.45, 2.75) is 25.5 Å². The van der Waals surface area contributed by atoms with Gasteiger partial charge in [0, 0.05) is 5.75 Å². The van der Waals surface area contributed by atoms with E-state index in [1.807, 2.05) is 0 Å². The Balaban J connectivity index is 3.46. The van der Waals surface area contributed by atoms with Crippen LogP contribution in [0, 0.1) is 0 Å². The Kier molecular flexibility index (Phi) is 8.79. The quantitative estimate of drug-likeness (QED) is 0.384. The summed E-state index contributed by atoms with van der Waals surface area (Å²) in [6, 6.07) is -0.594. The molecule has 0 aromatic heterocycles. The van der Waals surface area contributed by atoms with Crippen molar-refractivity contribution in [3.8, 4) is 0 Å². The van der Waals surface area contributed by atoms with Gasteiger partial charge in [0.05, 0.1) is 19.3 Å². The van der Waals surface area contributed by atoms with Gasteiger partial charge in [-0.2, -0.15) is 11.8 Å². The van der Waals surface area contributed by atoms with Crippen LogP contribution in [-0.4, -0.2) is 53.0 Å². The molecule has 15 heavy (non-hydrogen) atoms. The molecular weight excluding hydrogens is 218 g/mol. The van der Waals surface area contributed by atoms with E-state index in [1.54, 1.807) is 6.92 Å². The molecule has 0 saturated carbocycles. The van der Waals surface area contributed by atoms with Crippen LogP contribution >= 0.6 is 11.8 Å². The highest BCUT2D eigenvalue weighted by atomic mass is 32.2. The summed E-state index contributed by atoms with van der Waals surface area (Å²) >= 11 is 1.45. The molecule has 0 spiro atoms. The second kappa shape index (κ2) is 8.96. The van der Waals surface area contributed by atoms with Crippen molar-refractivity contribution in [1.82, 2.24) is 0 Å². The normalized spacial score (nSPS) is 14.7. The molecule has 0 aromatic carbocycles. The van der Waals surface area contributed by atoms with E-state index < -0.39 is 12.1 Å². The number of ether oxygens (including phenoxy) is 1. The predicted molar refractivity (Wildman–Crippen MR) is 59.6 cm³/mol. The molecule has 0 fully saturated rings. The summed E-state index contributed by atoms with van der Waals surface area (Å²) in [6.45, 7) is 1.83. The van der Waals surface area contributed by atoms with Gasteiger partial charge in [0.2, 0.25) is 0 Å². The second-order valence-corrected chi connectivity index (χ2v) is 4.21. The maximum atomic E-state index is 11.1. The van der Waals surface area contributed by atoms with Gasteiger partial charge in [0.1, 0.15) is 6.04 Å². The molecule has 0 radical (unpaired) electrons. The molecule has 0 aromatic rings. The molecular formula is C9H19NO4S. The minimum Gasteiger partial charge on any atom is -0.465 e. The van der Waals surface area contributed by atoms with Crippen molar-refractivity contribution in [1.29, 1.82) is 0 Å². The number of hydrogen-bond acceptors (Lipinski definition) is 6. The van der Waals surface area contributed by atoms with Gasteiger partial charge < -0.3 is 20.7 Å². The van der Waals surface area contributed by atoms with Crippen LogP contribution < -0.4 is 5.73 Å². The van der Waals surface area contributed by atoms with Crippen molar-refractivity contribution in [3.05, 3.63) is 0 Å². The number of rotatable bonds is 8. The van der Waals surface area contributed by atoms with Gasteiger partial charge in [-0.25, -0.2) is 0 Å². The molecule has 0 heterocycles. The first-order valence-corrected chi connectivity index (χ1v) is 6.06. The molecule has 5 nitrogen and oxygen atoms in total.